The highest BCUT2D eigenvalue weighted by Crippen LogP contribution is 2.42. The summed E-state index contributed by atoms with van der Waals surface area (Å²) in [5, 5.41) is 12.9. The molecule has 5 nitrogen and oxygen atoms in total. The summed E-state index contributed by atoms with van der Waals surface area (Å²) in [6.45, 7) is 2.10. The molecule has 0 saturated heterocycles. The van der Waals surface area contributed by atoms with Crippen molar-refractivity contribution in [2.24, 2.45) is 0 Å². The summed E-state index contributed by atoms with van der Waals surface area (Å²) in [5.41, 5.74) is 5.87. The van der Waals surface area contributed by atoms with Crippen molar-refractivity contribution < 1.29 is 0 Å². The van der Waals surface area contributed by atoms with Crippen LogP contribution in [0.5, 0.6) is 0 Å². The molecule has 0 aliphatic rings. The summed E-state index contributed by atoms with van der Waals surface area (Å²) in [4.78, 5) is 7.39. The van der Waals surface area contributed by atoms with Gasteiger partial charge in [0.05, 0.1) is 22.1 Å². The van der Waals surface area contributed by atoms with E-state index < -0.39 is 0 Å². The summed E-state index contributed by atoms with van der Waals surface area (Å²) in [5.74, 6) is 0. The molecule has 30 heavy (non-hydrogen) atoms. The Morgan fingerprint density at radius 2 is 1.70 bits per heavy atom. The fourth-order valence-electron chi connectivity index (χ4n) is 4.98. The number of aryl methyl sites for hydroxylation is 1. The smallest absolute Gasteiger partial charge is 0.0967 e. The van der Waals surface area contributed by atoms with Gasteiger partial charge >= 0.3 is 0 Å². The standard InChI is InChI=1S/C25H25N5/c1-29(2)13-7-8-14-30-20-12-6-4-10-17(20)22-23-18(15-26-28-23)21-16-9-3-5-11-19(16)27-24(21)25(22)30/h3-6,9-12,15,26,28H,7-8,13-14H2,1-2H3. The minimum Gasteiger partial charge on any atom is -0.339 e. The third kappa shape index (κ3) is 2.42. The minimum atomic E-state index is 0.992. The zero-order valence-corrected chi connectivity index (χ0v) is 17.4. The molecule has 0 bridgehead atoms. The molecule has 3 aromatic heterocycles. The third-order valence-corrected chi connectivity index (χ3v) is 6.28. The molecule has 0 amide bonds. The van der Waals surface area contributed by atoms with Crippen LogP contribution in [0.4, 0.5) is 0 Å². The first-order valence-electron chi connectivity index (χ1n) is 10.7. The maximum Gasteiger partial charge on any atom is 0.0967 e. The number of aromatic amines is 2. The summed E-state index contributed by atoms with van der Waals surface area (Å²) in [7, 11) is 4.28. The molecule has 0 atom stereocenters. The highest BCUT2D eigenvalue weighted by Gasteiger charge is 2.21. The van der Waals surface area contributed by atoms with Crippen LogP contribution >= 0.6 is 0 Å². The second-order valence-electron chi connectivity index (χ2n) is 8.46. The average molecular weight is 396 g/mol. The van der Waals surface area contributed by atoms with Crippen LogP contribution in [0.15, 0.2) is 54.7 Å². The van der Waals surface area contributed by atoms with Crippen molar-refractivity contribution >= 4 is 54.5 Å². The Balaban J connectivity index is 1.73. The molecule has 0 aliphatic heterocycles. The molecular formula is C25H25N5. The van der Waals surface area contributed by atoms with Crippen molar-refractivity contribution in [1.82, 2.24) is 24.6 Å². The molecular weight excluding hydrogens is 370 g/mol. The number of hydrogen-bond donors (Lipinski definition) is 2. The maximum absolute atomic E-state index is 5.13. The Morgan fingerprint density at radius 3 is 2.57 bits per heavy atom. The van der Waals surface area contributed by atoms with E-state index in [1.165, 1.54) is 49.9 Å². The normalized spacial score (nSPS) is 12.5. The number of aromatic nitrogens is 4. The quantitative estimate of drug-likeness (QED) is 0.371. The predicted molar refractivity (Wildman–Crippen MR) is 126 cm³/mol. The van der Waals surface area contributed by atoms with Crippen molar-refractivity contribution in [1.29, 1.82) is 0 Å². The van der Waals surface area contributed by atoms with Crippen molar-refractivity contribution in [2.75, 3.05) is 20.6 Å². The molecule has 6 rings (SSSR count). The number of nitrogens with one attached hydrogen (secondary N) is 2. The molecule has 6 aromatic rings. The number of fused-ring (bicyclic) bond motifs is 10. The van der Waals surface area contributed by atoms with Gasteiger partial charge in [0.1, 0.15) is 0 Å². The lowest BCUT2D eigenvalue weighted by Crippen LogP contribution is -2.13. The highest BCUT2D eigenvalue weighted by atomic mass is 15.1. The number of rotatable bonds is 5. The molecule has 2 N–H and O–H groups in total. The first-order chi connectivity index (χ1) is 14.7. The van der Waals surface area contributed by atoms with Gasteiger partial charge in [-0.05, 0) is 45.6 Å². The molecule has 0 radical (unpaired) electrons. The molecule has 3 heterocycles. The highest BCUT2D eigenvalue weighted by molar-refractivity contribution is 6.34. The zero-order valence-electron chi connectivity index (χ0n) is 17.4. The molecule has 0 saturated carbocycles. The summed E-state index contributed by atoms with van der Waals surface area (Å²) < 4.78 is 2.49. The van der Waals surface area contributed by atoms with Gasteiger partial charge in [0, 0.05) is 45.2 Å². The van der Waals surface area contributed by atoms with Gasteiger partial charge in [-0.1, -0.05) is 36.4 Å². The SMILES string of the molecule is CN(C)CCCCn1c2ccccc2c2c3[nH][nH]cc3c3c4ccccc4nc3c21. The van der Waals surface area contributed by atoms with Gasteiger partial charge in [0.25, 0.3) is 0 Å². The van der Waals surface area contributed by atoms with E-state index in [0.29, 0.717) is 0 Å². The topological polar surface area (TPSA) is 52.6 Å². The molecule has 5 heteroatoms. The Hall–Kier alpha value is -3.31. The van der Waals surface area contributed by atoms with Gasteiger partial charge in [-0.25, -0.2) is 4.98 Å². The fourth-order valence-corrected chi connectivity index (χ4v) is 4.98. The summed E-state index contributed by atoms with van der Waals surface area (Å²) in [6, 6.07) is 17.2. The second-order valence-corrected chi connectivity index (χ2v) is 8.46. The molecule has 0 fully saturated rings. The van der Waals surface area contributed by atoms with E-state index in [-0.39, 0.29) is 0 Å². The first-order valence-corrected chi connectivity index (χ1v) is 10.7. The Morgan fingerprint density at radius 1 is 0.900 bits per heavy atom. The second kappa shape index (κ2) is 6.61. The number of unbranched alkanes of at least 4 members (excludes halogenated alkanes) is 1. The van der Waals surface area contributed by atoms with E-state index >= 15 is 0 Å². The lowest BCUT2D eigenvalue weighted by atomic mass is 10.0. The van der Waals surface area contributed by atoms with Gasteiger partial charge in [-0.3, -0.25) is 0 Å². The minimum absolute atomic E-state index is 0.992. The van der Waals surface area contributed by atoms with Gasteiger partial charge < -0.3 is 19.7 Å². The zero-order chi connectivity index (χ0) is 20.2. The van der Waals surface area contributed by atoms with E-state index in [1.54, 1.807) is 0 Å². The van der Waals surface area contributed by atoms with E-state index in [9.17, 15) is 0 Å². The van der Waals surface area contributed by atoms with Crippen LogP contribution in [0.3, 0.4) is 0 Å². The van der Waals surface area contributed by atoms with E-state index in [1.807, 2.05) is 0 Å². The van der Waals surface area contributed by atoms with Crippen LogP contribution in [-0.4, -0.2) is 45.3 Å². The van der Waals surface area contributed by atoms with Gasteiger partial charge in [0.2, 0.25) is 0 Å². The molecule has 0 spiro atoms. The molecule has 0 unspecified atom stereocenters. The molecule has 150 valence electrons. The lowest BCUT2D eigenvalue weighted by molar-refractivity contribution is 0.389. The van der Waals surface area contributed by atoms with Crippen molar-refractivity contribution in [3.8, 4) is 0 Å². The van der Waals surface area contributed by atoms with E-state index in [4.69, 9.17) is 4.98 Å². The van der Waals surface area contributed by atoms with Gasteiger partial charge in [-0.15, -0.1) is 0 Å². The maximum atomic E-state index is 5.13. The Labute approximate surface area is 174 Å². The van der Waals surface area contributed by atoms with Crippen LogP contribution in [0.2, 0.25) is 0 Å². The monoisotopic (exact) mass is 395 g/mol. The largest absolute Gasteiger partial charge is 0.339 e. The van der Waals surface area contributed by atoms with E-state index in [2.05, 4.69) is 88.5 Å². The third-order valence-electron chi connectivity index (χ3n) is 6.28. The fraction of sp³-hybridized carbons (Fsp3) is 0.240. The van der Waals surface area contributed by atoms with Crippen LogP contribution < -0.4 is 0 Å². The van der Waals surface area contributed by atoms with Crippen molar-refractivity contribution in [2.45, 2.75) is 19.4 Å². The van der Waals surface area contributed by atoms with Crippen LogP contribution in [0, 0.1) is 0 Å². The summed E-state index contributed by atoms with van der Waals surface area (Å²) in [6.07, 6.45) is 4.40. The van der Waals surface area contributed by atoms with Crippen molar-refractivity contribution in [3.63, 3.8) is 0 Å². The number of H-pyrrole nitrogens is 2. The number of hydrogen-bond acceptors (Lipinski definition) is 2. The Bertz CT molecular complexity index is 1530. The van der Waals surface area contributed by atoms with Crippen LogP contribution in [0.25, 0.3) is 54.5 Å². The Kier molecular flexibility index (Phi) is 3.86. The molecule has 3 aromatic carbocycles. The number of para-hydroxylation sites is 2. The van der Waals surface area contributed by atoms with Gasteiger partial charge in [0.15, 0.2) is 0 Å². The number of benzene rings is 3. The van der Waals surface area contributed by atoms with Crippen LogP contribution in [-0.2, 0) is 6.54 Å². The first kappa shape index (κ1) is 17.5. The lowest BCUT2D eigenvalue weighted by Gasteiger charge is -2.11. The average Bonchev–Trinajstić information content (AvgIpc) is 3.44. The molecule has 0 aliphatic carbocycles. The van der Waals surface area contributed by atoms with Crippen LogP contribution in [0.1, 0.15) is 12.8 Å². The van der Waals surface area contributed by atoms with E-state index in [0.717, 1.165) is 30.5 Å². The van der Waals surface area contributed by atoms with Crippen molar-refractivity contribution in [3.05, 3.63) is 54.7 Å². The number of nitrogens with zero attached hydrogens (tertiary/aromatic N) is 3. The predicted octanol–water partition coefficient (Wildman–Crippen LogP) is 5.65. The van der Waals surface area contributed by atoms with Gasteiger partial charge in [-0.2, -0.15) is 0 Å². The summed E-state index contributed by atoms with van der Waals surface area (Å²) >= 11 is 0.